The summed E-state index contributed by atoms with van der Waals surface area (Å²) in [6.45, 7) is 1.48. The second-order valence-electron chi connectivity index (χ2n) is 6.96. The molecule has 9 heteroatoms. The highest BCUT2D eigenvalue weighted by molar-refractivity contribution is 8.13. The Kier molecular flexibility index (Phi) is 4.76. The Hall–Kier alpha value is -2.78. The molecule has 0 radical (unpaired) electrons. The van der Waals surface area contributed by atoms with Crippen molar-refractivity contribution in [2.45, 2.75) is 5.54 Å². The highest BCUT2D eigenvalue weighted by Crippen LogP contribution is 2.47. The number of carbonyl (C=O) groups is 1. The monoisotopic (exact) mass is 422 g/mol. The van der Waals surface area contributed by atoms with Gasteiger partial charge in [0.1, 0.15) is 5.54 Å². The van der Waals surface area contributed by atoms with Crippen LogP contribution in [0, 0.1) is 5.92 Å². The molecule has 2 aliphatic heterocycles. The van der Waals surface area contributed by atoms with Crippen LogP contribution in [-0.4, -0.2) is 44.9 Å². The number of anilines is 1. The number of nitrogens with one attached hydrogen (secondary N) is 1. The predicted octanol–water partition coefficient (Wildman–Crippen LogP) is 2.80. The number of carbonyl (C=O) groups excluding carboxylic acids is 1. The van der Waals surface area contributed by atoms with E-state index >= 15 is 0 Å². The van der Waals surface area contributed by atoms with Crippen LogP contribution in [0.3, 0.4) is 0 Å². The lowest BCUT2D eigenvalue weighted by atomic mass is 9.87. The van der Waals surface area contributed by atoms with Gasteiger partial charge in [0.05, 0.1) is 16.9 Å². The smallest absolute Gasteiger partial charge is 0.257 e. The Morgan fingerprint density at radius 2 is 2.00 bits per heavy atom. The lowest BCUT2D eigenvalue weighted by molar-refractivity contribution is 0.0977. The fraction of sp³-hybridized carbons (Fsp3) is 0.250. The number of nitrogens with zero attached hydrogens (tertiary/aromatic N) is 5. The maximum atomic E-state index is 12.6. The molecular weight excluding hydrogens is 404 g/mol. The normalized spacial score (nSPS) is 23.4. The van der Waals surface area contributed by atoms with Gasteiger partial charge in [-0.2, -0.15) is 0 Å². The number of amides is 1. The van der Waals surface area contributed by atoms with Crippen molar-refractivity contribution in [3.8, 4) is 0 Å². The molecule has 0 aliphatic carbocycles. The minimum atomic E-state index is -0.453. The summed E-state index contributed by atoms with van der Waals surface area (Å²) in [6, 6.07) is 11.0. The van der Waals surface area contributed by atoms with Gasteiger partial charge >= 0.3 is 0 Å². The predicted molar refractivity (Wildman–Crippen MR) is 115 cm³/mol. The van der Waals surface area contributed by atoms with E-state index in [0.717, 1.165) is 17.2 Å². The van der Waals surface area contributed by atoms with E-state index in [2.05, 4.69) is 25.2 Å². The maximum absolute atomic E-state index is 12.6. The minimum absolute atomic E-state index is 0.143. The Morgan fingerprint density at radius 1 is 1.17 bits per heavy atom. The summed E-state index contributed by atoms with van der Waals surface area (Å²) >= 11 is 3.19. The molecule has 1 amide bonds. The highest BCUT2D eigenvalue weighted by atomic mass is 32.2. The summed E-state index contributed by atoms with van der Waals surface area (Å²) in [4.78, 5) is 34.1. The first-order valence-corrected chi connectivity index (χ1v) is 11.1. The summed E-state index contributed by atoms with van der Waals surface area (Å²) < 4.78 is 0. The van der Waals surface area contributed by atoms with Gasteiger partial charge in [0, 0.05) is 42.4 Å². The van der Waals surface area contributed by atoms with Crippen molar-refractivity contribution < 1.29 is 4.79 Å². The molecule has 0 spiro atoms. The first kappa shape index (κ1) is 18.3. The molecule has 29 heavy (non-hydrogen) atoms. The Bertz CT molecular complexity index is 1030. The first-order chi connectivity index (χ1) is 14.2. The molecule has 2 unspecified atom stereocenters. The third-order valence-electron chi connectivity index (χ3n) is 5.22. The minimum Gasteiger partial charge on any atom is -0.338 e. The number of rotatable bonds is 3. The quantitative estimate of drug-likeness (QED) is 0.699. The molecule has 0 bridgehead atoms. The molecule has 7 nitrogen and oxygen atoms in total. The van der Waals surface area contributed by atoms with E-state index in [1.165, 1.54) is 0 Å². The van der Waals surface area contributed by atoms with Crippen molar-refractivity contribution in [1.29, 1.82) is 0 Å². The number of amidine groups is 1. The van der Waals surface area contributed by atoms with E-state index in [1.807, 2.05) is 36.0 Å². The fourth-order valence-corrected chi connectivity index (χ4v) is 5.78. The van der Waals surface area contributed by atoms with Gasteiger partial charge in [0.15, 0.2) is 5.17 Å². The van der Waals surface area contributed by atoms with E-state index < -0.39 is 5.54 Å². The first-order valence-electron chi connectivity index (χ1n) is 9.24. The zero-order valence-electron chi connectivity index (χ0n) is 15.4. The zero-order chi connectivity index (χ0) is 19.7. The van der Waals surface area contributed by atoms with Gasteiger partial charge in [-0.15, -0.1) is 11.3 Å². The lowest BCUT2D eigenvalue weighted by Crippen LogP contribution is -2.42. The van der Waals surface area contributed by atoms with Gasteiger partial charge in [-0.25, -0.2) is 15.0 Å². The van der Waals surface area contributed by atoms with Crippen molar-refractivity contribution in [3.63, 3.8) is 0 Å². The number of benzene rings is 1. The van der Waals surface area contributed by atoms with Crippen LogP contribution in [0.5, 0.6) is 0 Å². The van der Waals surface area contributed by atoms with E-state index in [-0.39, 0.29) is 11.8 Å². The Balaban J connectivity index is 1.47. The van der Waals surface area contributed by atoms with Crippen molar-refractivity contribution in [2.75, 3.05) is 23.7 Å². The van der Waals surface area contributed by atoms with Gasteiger partial charge < -0.3 is 10.2 Å². The summed E-state index contributed by atoms with van der Waals surface area (Å²) in [5.41, 5.74) is 2.00. The Labute approximate surface area is 176 Å². The molecule has 2 atom stereocenters. The lowest BCUT2D eigenvalue weighted by Gasteiger charge is -2.33. The SMILES string of the molecule is O=C(NC1=NC2(c3cncs3)CN(c3ncccn3)CC2CS1)c1ccccc1. The molecule has 1 saturated heterocycles. The van der Waals surface area contributed by atoms with Gasteiger partial charge in [-0.1, -0.05) is 30.0 Å². The number of thioether (sulfide) groups is 1. The molecule has 0 saturated carbocycles. The van der Waals surface area contributed by atoms with Gasteiger partial charge in [0.25, 0.3) is 5.91 Å². The average Bonchev–Trinajstić information content (AvgIpc) is 3.43. The molecule has 4 heterocycles. The average molecular weight is 423 g/mol. The summed E-state index contributed by atoms with van der Waals surface area (Å²) in [7, 11) is 0. The molecule has 2 aliphatic rings. The van der Waals surface area contributed by atoms with Gasteiger partial charge in [-0.3, -0.25) is 9.78 Å². The van der Waals surface area contributed by atoms with Crippen LogP contribution in [-0.2, 0) is 5.54 Å². The summed E-state index contributed by atoms with van der Waals surface area (Å²) in [5, 5.41) is 3.65. The number of thiazole rings is 1. The van der Waals surface area contributed by atoms with Crippen LogP contribution in [0.4, 0.5) is 5.95 Å². The summed E-state index contributed by atoms with van der Waals surface area (Å²) in [6.07, 6.45) is 5.41. The fourth-order valence-electron chi connectivity index (χ4n) is 3.81. The number of hydrogen-bond acceptors (Lipinski definition) is 8. The van der Waals surface area contributed by atoms with E-state index in [1.54, 1.807) is 47.6 Å². The van der Waals surface area contributed by atoms with Crippen molar-refractivity contribution in [1.82, 2.24) is 20.3 Å². The van der Waals surface area contributed by atoms with Crippen LogP contribution in [0.15, 0.2) is 65.5 Å². The van der Waals surface area contributed by atoms with Crippen LogP contribution in [0.25, 0.3) is 0 Å². The summed E-state index contributed by atoms with van der Waals surface area (Å²) in [5.74, 6) is 1.71. The Morgan fingerprint density at radius 3 is 2.76 bits per heavy atom. The van der Waals surface area contributed by atoms with Crippen LogP contribution in [0.1, 0.15) is 15.2 Å². The van der Waals surface area contributed by atoms with Crippen molar-refractivity contribution >= 4 is 40.1 Å². The molecule has 2 aromatic heterocycles. The molecule has 146 valence electrons. The molecule has 5 rings (SSSR count). The van der Waals surface area contributed by atoms with Crippen molar-refractivity contribution in [3.05, 3.63) is 70.9 Å². The number of hydrogen-bond donors (Lipinski definition) is 1. The van der Waals surface area contributed by atoms with Gasteiger partial charge in [0.2, 0.25) is 5.95 Å². The molecule has 1 fully saturated rings. The van der Waals surface area contributed by atoms with Crippen LogP contribution < -0.4 is 10.2 Å². The molecule has 3 aromatic rings. The second-order valence-corrected chi connectivity index (χ2v) is 8.86. The van der Waals surface area contributed by atoms with Gasteiger partial charge in [-0.05, 0) is 18.2 Å². The standard InChI is InChI=1S/C20H18N6OS2/c27-17(14-5-2-1-3-6-14)24-19-25-20(16-9-21-13-29-16)12-26(10-15(20)11-28-19)18-22-7-4-8-23-18/h1-9,13,15H,10-12H2,(H,24,25,27). The van der Waals surface area contributed by atoms with Crippen LogP contribution >= 0.6 is 23.1 Å². The maximum Gasteiger partial charge on any atom is 0.257 e. The highest BCUT2D eigenvalue weighted by Gasteiger charge is 2.52. The molecule has 1 aromatic carbocycles. The van der Waals surface area contributed by atoms with Crippen molar-refractivity contribution in [2.24, 2.45) is 10.9 Å². The van der Waals surface area contributed by atoms with E-state index in [9.17, 15) is 4.79 Å². The molecular formula is C20H18N6OS2. The van der Waals surface area contributed by atoms with E-state index in [4.69, 9.17) is 4.99 Å². The van der Waals surface area contributed by atoms with E-state index in [0.29, 0.717) is 23.2 Å². The topological polar surface area (TPSA) is 83.4 Å². The number of aliphatic imine (C=N–C) groups is 1. The third-order valence-corrected chi connectivity index (χ3v) is 7.20. The molecule has 1 N–H and O–H groups in total. The largest absolute Gasteiger partial charge is 0.338 e. The second kappa shape index (κ2) is 7.57. The number of aromatic nitrogens is 3. The van der Waals surface area contributed by atoms with Crippen LogP contribution in [0.2, 0.25) is 0 Å². The third kappa shape index (κ3) is 3.40. The zero-order valence-corrected chi connectivity index (χ0v) is 17.1. The number of fused-ring (bicyclic) bond motifs is 1.